The molecule has 2 aromatic rings. The topological polar surface area (TPSA) is 105 Å². The van der Waals surface area contributed by atoms with Gasteiger partial charge in [0.1, 0.15) is 0 Å². The zero-order valence-electron chi connectivity index (χ0n) is 11.5. The van der Waals surface area contributed by atoms with Crippen LogP contribution in [0, 0.1) is 0 Å². The molecule has 0 saturated carbocycles. The molecule has 1 heterocycles. The van der Waals surface area contributed by atoms with Crippen LogP contribution >= 0.6 is 0 Å². The van der Waals surface area contributed by atoms with E-state index in [1.807, 2.05) is 6.07 Å². The lowest BCUT2D eigenvalue weighted by atomic mass is 10.1. The summed E-state index contributed by atoms with van der Waals surface area (Å²) < 4.78 is 0. The van der Waals surface area contributed by atoms with Gasteiger partial charge in [0.2, 0.25) is 0 Å². The van der Waals surface area contributed by atoms with Crippen LogP contribution in [0.25, 0.3) is 0 Å². The highest BCUT2D eigenvalue weighted by atomic mass is 16.4. The lowest BCUT2D eigenvalue weighted by Gasteiger charge is -2.17. The van der Waals surface area contributed by atoms with Gasteiger partial charge in [0.05, 0.1) is 18.0 Å². The Labute approximate surface area is 121 Å². The summed E-state index contributed by atoms with van der Waals surface area (Å²) in [7, 11) is 1.69. The number of amides is 1. The average molecular weight is 285 g/mol. The van der Waals surface area contributed by atoms with E-state index in [4.69, 9.17) is 10.9 Å². The van der Waals surface area contributed by atoms with Crippen molar-refractivity contribution in [2.24, 2.45) is 10.9 Å². The summed E-state index contributed by atoms with van der Waals surface area (Å²) in [5, 5.41) is 19.0. The van der Waals surface area contributed by atoms with E-state index < -0.39 is 0 Å². The summed E-state index contributed by atoms with van der Waals surface area (Å²) in [5.41, 5.74) is 7.49. The van der Waals surface area contributed by atoms with Gasteiger partial charge >= 0.3 is 0 Å². The number of amidine groups is 1. The Kier molecular flexibility index (Phi) is 4.45. The summed E-state index contributed by atoms with van der Waals surface area (Å²) in [6, 6.07) is 8.76. The third-order valence-corrected chi connectivity index (χ3v) is 2.93. The molecule has 0 unspecified atom stereocenters. The molecule has 21 heavy (non-hydrogen) atoms. The van der Waals surface area contributed by atoms with Gasteiger partial charge in [-0.05, 0) is 17.7 Å². The smallest absolute Gasteiger partial charge is 0.255 e. The molecule has 0 aliphatic rings. The molecule has 108 valence electrons. The second kappa shape index (κ2) is 6.47. The summed E-state index contributed by atoms with van der Waals surface area (Å²) in [5.74, 6) is -0.122. The molecule has 0 radical (unpaired) electrons. The fraction of sp³-hybridized carbons (Fsp3) is 0.143. The van der Waals surface area contributed by atoms with Crippen LogP contribution in [0.2, 0.25) is 0 Å². The van der Waals surface area contributed by atoms with Crippen LogP contribution in [0.4, 0.5) is 0 Å². The number of hydrogen-bond acceptors (Lipinski definition) is 5. The number of carbonyl (C=O) groups excluding carboxylic acids is 1. The highest BCUT2D eigenvalue weighted by molar-refractivity contribution is 5.97. The van der Waals surface area contributed by atoms with Gasteiger partial charge in [0, 0.05) is 19.2 Å². The van der Waals surface area contributed by atoms with E-state index in [9.17, 15) is 4.79 Å². The maximum absolute atomic E-state index is 12.2. The largest absolute Gasteiger partial charge is 0.409 e. The molecule has 7 heteroatoms. The molecule has 0 atom stereocenters. The molecule has 0 fully saturated rings. The van der Waals surface area contributed by atoms with Gasteiger partial charge in [0.25, 0.3) is 5.91 Å². The zero-order chi connectivity index (χ0) is 15.2. The van der Waals surface area contributed by atoms with Crippen molar-refractivity contribution in [3.05, 3.63) is 59.4 Å². The molecule has 0 aliphatic heterocycles. The van der Waals surface area contributed by atoms with E-state index in [2.05, 4.69) is 15.4 Å². The molecule has 1 aromatic carbocycles. The van der Waals surface area contributed by atoms with Crippen molar-refractivity contribution in [2.45, 2.75) is 6.54 Å². The molecule has 7 nitrogen and oxygen atoms in total. The van der Waals surface area contributed by atoms with Gasteiger partial charge in [-0.2, -0.15) is 10.2 Å². The van der Waals surface area contributed by atoms with Crippen molar-refractivity contribution in [3.8, 4) is 0 Å². The average Bonchev–Trinajstić information content (AvgIpc) is 2.54. The molecule has 0 bridgehead atoms. The second-order valence-electron chi connectivity index (χ2n) is 4.48. The molecule has 1 aromatic heterocycles. The Morgan fingerprint density at radius 2 is 2.14 bits per heavy atom. The van der Waals surface area contributed by atoms with E-state index in [1.165, 1.54) is 12.4 Å². The van der Waals surface area contributed by atoms with Gasteiger partial charge in [-0.3, -0.25) is 4.79 Å². The Bertz CT molecular complexity index is 657. The summed E-state index contributed by atoms with van der Waals surface area (Å²) in [6.07, 6.45) is 2.89. The lowest BCUT2D eigenvalue weighted by molar-refractivity contribution is 0.0784. The first-order valence-electron chi connectivity index (χ1n) is 6.21. The number of rotatable bonds is 4. The minimum atomic E-state index is -0.154. The molecule has 1 amide bonds. The van der Waals surface area contributed by atoms with Crippen LogP contribution in [-0.4, -0.2) is 39.1 Å². The van der Waals surface area contributed by atoms with E-state index >= 15 is 0 Å². The van der Waals surface area contributed by atoms with Crippen LogP contribution in [0.3, 0.4) is 0 Å². The van der Waals surface area contributed by atoms with Crippen molar-refractivity contribution in [1.82, 2.24) is 15.1 Å². The quantitative estimate of drug-likeness (QED) is 0.375. The van der Waals surface area contributed by atoms with Gasteiger partial charge in [-0.25, -0.2) is 0 Å². The fourth-order valence-electron chi connectivity index (χ4n) is 1.87. The predicted molar refractivity (Wildman–Crippen MR) is 76.8 cm³/mol. The minimum absolute atomic E-state index is 0.0316. The maximum Gasteiger partial charge on any atom is 0.255 e. The van der Waals surface area contributed by atoms with Crippen LogP contribution in [0.1, 0.15) is 21.5 Å². The SMILES string of the molecule is CN(Cc1cccc(/C(N)=N/O)c1)C(=O)c1ccnnc1. The minimum Gasteiger partial charge on any atom is -0.409 e. The predicted octanol–water partition coefficient (Wildman–Crippen LogP) is 0.843. The Hall–Kier alpha value is -2.96. The number of aromatic nitrogens is 2. The van der Waals surface area contributed by atoms with Crippen LogP contribution in [0.5, 0.6) is 0 Å². The first-order valence-corrected chi connectivity index (χ1v) is 6.21. The van der Waals surface area contributed by atoms with E-state index in [-0.39, 0.29) is 11.7 Å². The van der Waals surface area contributed by atoms with Crippen molar-refractivity contribution in [1.29, 1.82) is 0 Å². The van der Waals surface area contributed by atoms with Crippen molar-refractivity contribution in [3.63, 3.8) is 0 Å². The third-order valence-electron chi connectivity index (χ3n) is 2.93. The van der Waals surface area contributed by atoms with E-state index in [1.54, 1.807) is 36.2 Å². The van der Waals surface area contributed by atoms with Gasteiger partial charge in [-0.1, -0.05) is 23.4 Å². The second-order valence-corrected chi connectivity index (χ2v) is 4.48. The maximum atomic E-state index is 12.2. The molecule has 0 spiro atoms. The van der Waals surface area contributed by atoms with E-state index in [0.717, 1.165) is 5.56 Å². The number of nitrogens with two attached hydrogens (primary N) is 1. The molecule has 0 aliphatic carbocycles. The van der Waals surface area contributed by atoms with Gasteiger partial charge < -0.3 is 15.8 Å². The van der Waals surface area contributed by atoms with Gasteiger partial charge in [0.15, 0.2) is 5.84 Å². The number of oxime groups is 1. The van der Waals surface area contributed by atoms with Crippen molar-refractivity contribution >= 4 is 11.7 Å². The Morgan fingerprint density at radius 1 is 1.33 bits per heavy atom. The third kappa shape index (κ3) is 3.53. The number of benzene rings is 1. The number of nitrogens with zero attached hydrogens (tertiary/aromatic N) is 4. The fourth-order valence-corrected chi connectivity index (χ4v) is 1.87. The van der Waals surface area contributed by atoms with E-state index in [0.29, 0.717) is 17.7 Å². The molecule has 0 saturated heterocycles. The molecule has 3 N–H and O–H groups in total. The summed E-state index contributed by atoms with van der Waals surface area (Å²) >= 11 is 0. The number of carbonyl (C=O) groups is 1. The highest BCUT2D eigenvalue weighted by Crippen LogP contribution is 2.10. The first-order chi connectivity index (χ1) is 10.1. The molecular formula is C14H15N5O2. The summed E-state index contributed by atoms with van der Waals surface area (Å²) in [6.45, 7) is 0.397. The monoisotopic (exact) mass is 285 g/mol. The van der Waals surface area contributed by atoms with Crippen molar-refractivity contribution < 1.29 is 10.0 Å². The van der Waals surface area contributed by atoms with Gasteiger partial charge in [-0.15, -0.1) is 0 Å². The first kappa shape index (κ1) is 14.4. The molecule has 2 rings (SSSR count). The zero-order valence-corrected chi connectivity index (χ0v) is 11.5. The normalized spacial score (nSPS) is 11.2. The molecular weight excluding hydrogens is 270 g/mol. The lowest BCUT2D eigenvalue weighted by Crippen LogP contribution is -2.26. The van der Waals surface area contributed by atoms with Crippen molar-refractivity contribution in [2.75, 3.05) is 7.05 Å². The number of hydrogen-bond donors (Lipinski definition) is 2. The Morgan fingerprint density at radius 3 is 2.81 bits per heavy atom. The van der Waals surface area contributed by atoms with Crippen LogP contribution in [-0.2, 0) is 6.54 Å². The Balaban J connectivity index is 2.13. The summed E-state index contributed by atoms with van der Waals surface area (Å²) in [4.78, 5) is 13.8. The standard InChI is InChI=1S/C14H15N5O2/c1-19(14(20)12-5-6-16-17-8-12)9-10-3-2-4-11(7-10)13(15)18-21/h2-8,21H,9H2,1H3,(H2,15,18). The highest BCUT2D eigenvalue weighted by Gasteiger charge is 2.12. The van der Waals surface area contributed by atoms with Crippen LogP contribution < -0.4 is 5.73 Å². The van der Waals surface area contributed by atoms with Crippen LogP contribution in [0.15, 0.2) is 47.9 Å².